The number of nitrogens with one attached hydrogen (secondary N) is 1. The normalized spacial score (nSPS) is 11.2. The zero-order valence-electron chi connectivity index (χ0n) is 14.2. The summed E-state index contributed by atoms with van der Waals surface area (Å²) >= 11 is 6.98. The van der Waals surface area contributed by atoms with E-state index >= 15 is 0 Å². The number of ether oxygens (including phenoxy) is 1. The van der Waals surface area contributed by atoms with Crippen LogP contribution in [0.4, 0.5) is 5.13 Å². The lowest BCUT2D eigenvalue weighted by Crippen LogP contribution is -2.22. The summed E-state index contributed by atoms with van der Waals surface area (Å²) in [6.45, 7) is 0. The van der Waals surface area contributed by atoms with Gasteiger partial charge in [0.25, 0.3) is 0 Å². The van der Waals surface area contributed by atoms with Crippen molar-refractivity contribution in [2.45, 2.75) is 4.90 Å². The van der Waals surface area contributed by atoms with Gasteiger partial charge in [0.2, 0.25) is 5.91 Å². The molecule has 1 N–H and O–H groups in total. The third-order valence-electron chi connectivity index (χ3n) is 3.63. The van der Waals surface area contributed by atoms with Crippen LogP contribution in [0.3, 0.4) is 0 Å². The van der Waals surface area contributed by atoms with Gasteiger partial charge in [0.15, 0.2) is 15.0 Å². The predicted octanol–water partition coefficient (Wildman–Crippen LogP) is 3.88. The highest BCUT2D eigenvalue weighted by atomic mass is 35.5. The Morgan fingerprint density at radius 2 is 1.81 bits per heavy atom. The molecule has 0 radical (unpaired) electrons. The third kappa shape index (κ3) is 4.85. The van der Waals surface area contributed by atoms with Gasteiger partial charge in [-0.15, -0.1) is 11.3 Å². The first kappa shape index (κ1) is 19.3. The fraction of sp³-hybridized carbons (Fsp3) is 0.111. The van der Waals surface area contributed by atoms with Gasteiger partial charge in [-0.05, 0) is 48.5 Å². The number of amides is 1. The number of thiazole rings is 1. The minimum atomic E-state index is -3.76. The van der Waals surface area contributed by atoms with Gasteiger partial charge in [0, 0.05) is 16.0 Å². The van der Waals surface area contributed by atoms with Crippen molar-refractivity contribution in [1.82, 2.24) is 4.98 Å². The second-order valence-corrected chi connectivity index (χ2v) is 8.81. The Morgan fingerprint density at radius 1 is 1.15 bits per heavy atom. The molecule has 0 aliphatic carbocycles. The molecule has 0 unspecified atom stereocenters. The zero-order valence-corrected chi connectivity index (χ0v) is 16.6. The maximum absolute atomic E-state index is 12.3. The van der Waals surface area contributed by atoms with Gasteiger partial charge in [-0.2, -0.15) is 0 Å². The molecule has 1 heterocycles. The van der Waals surface area contributed by atoms with Gasteiger partial charge in [-0.1, -0.05) is 11.6 Å². The Morgan fingerprint density at radius 3 is 2.44 bits per heavy atom. The number of rotatable bonds is 6. The van der Waals surface area contributed by atoms with Crippen molar-refractivity contribution in [3.05, 3.63) is 58.9 Å². The average Bonchev–Trinajstić information content (AvgIpc) is 3.10. The largest absolute Gasteiger partial charge is 0.497 e. The lowest BCUT2D eigenvalue weighted by Gasteiger charge is -2.04. The summed E-state index contributed by atoms with van der Waals surface area (Å²) in [5.41, 5.74) is 1.54. The van der Waals surface area contributed by atoms with Crippen molar-refractivity contribution in [3.63, 3.8) is 0 Å². The number of hydrogen-bond donors (Lipinski definition) is 1. The molecule has 0 aliphatic heterocycles. The van der Waals surface area contributed by atoms with Gasteiger partial charge in [-0.25, -0.2) is 13.4 Å². The summed E-state index contributed by atoms with van der Waals surface area (Å²) < 4.78 is 29.7. The SMILES string of the molecule is COc1ccc(-c2csc(NC(=O)CS(=O)(=O)c3ccc(Cl)cc3)n2)cc1. The van der Waals surface area contributed by atoms with E-state index in [2.05, 4.69) is 10.3 Å². The quantitative estimate of drug-likeness (QED) is 0.651. The number of methoxy groups -OCH3 is 1. The van der Waals surface area contributed by atoms with Crippen LogP contribution < -0.4 is 10.1 Å². The Balaban J connectivity index is 1.67. The molecule has 0 saturated heterocycles. The van der Waals surface area contributed by atoms with E-state index < -0.39 is 21.5 Å². The van der Waals surface area contributed by atoms with Gasteiger partial charge >= 0.3 is 0 Å². The van der Waals surface area contributed by atoms with Crippen molar-refractivity contribution < 1.29 is 17.9 Å². The lowest BCUT2D eigenvalue weighted by molar-refractivity contribution is -0.113. The standard InChI is InChI=1S/C18H15ClN2O4S2/c1-25-14-6-2-12(3-7-14)16-10-26-18(20-16)21-17(22)11-27(23,24)15-8-4-13(19)5-9-15/h2-10H,11H2,1H3,(H,20,21,22). The van der Waals surface area contributed by atoms with Crippen LogP contribution in [0.1, 0.15) is 0 Å². The van der Waals surface area contributed by atoms with E-state index in [9.17, 15) is 13.2 Å². The summed E-state index contributed by atoms with van der Waals surface area (Å²) in [5.74, 6) is -0.595. The monoisotopic (exact) mass is 422 g/mol. The highest BCUT2D eigenvalue weighted by molar-refractivity contribution is 7.92. The molecular weight excluding hydrogens is 408 g/mol. The predicted molar refractivity (Wildman–Crippen MR) is 106 cm³/mol. The van der Waals surface area contributed by atoms with Gasteiger partial charge in [-0.3, -0.25) is 4.79 Å². The van der Waals surface area contributed by atoms with E-state index in [4.69, 9.17) is 16.3 Å². The summed E-state index contributed by atoms with van der Waals surface area (Å²) in [4.78, 5) is 16.5. The first-order valence-electron chi connectivity index (χ1n) is 7.75. The molecule has 9 heteroatoms. The van der Waals surface area contributed by atoms with Crippen LogP contribution in [-0.4, -0.2) is 32.2 Å². The number of carbonyl (C=O) groups is 1. The molecule has 0 aliphatic rings. The number of halogens is 1. The summed E-state index contributed by atoms with van der Waals surface area (Å²) in [6.07, 6.45) is 0. The molecule has 0 atom stereocenters. The van der Waals surface area contributed by atoms with Crippen LogP contribution in [0.25, 0.3) is 11.3 Å². The first-order valence-corrected chi connectivity index (χ1v) is 10.7. The van der Waals surface area contributed by atoms with Crippen molar-refractivity contribution in [2.24, 2.45) is 0 Å². The zero-order chi connectivity index (χ0) is 19.4. The summed E-state index contributed by atoms with van der Waals surface area (Å²) in [7, 11) is -2.17. The molecule has 0 saturated carbocycles. The highest BCUT2D eigenvalue weighted by Gasteiger charge is 2.20. The van der Waals surface area contributed by atoms with Crippen LogP contribution in [-0.2, 0) is 14.6 Å². The molecule has 0 spiro atoms. The molecule has 1 amide bonds. The maximum Gasteiger partial charge on any atom is 0.241 e. The number of hydrogen-bond acceptors (Lipinski definition) is 6. The Bertz CT molecular complexity index is 1050. The van der Waals surface area contributed by atoms with Crippen LogP contribution in [0.15, 0.2) is 58.8 Å². The smallest absolute Gasteiger partial charge is 0.241 e. The second kappa shape index (κ2) is 8.08. The van der Waals surface area contributed by atoms with E-state index in [-0.39, 0.29) is 4.90 Å². The molecule has 1 aromatic heterocycles. The average molecular weight is 423 g/mol. The molecule has 6 nitrogen and oxygen atoms in total. The molecule has 27 heavy (non-hydrogen) atoms. The second-order valence-electron chi connectivity index (χ2n) is 5.53. The van der Waals surface area contributed by atoms with Crippen molar-refractivity contribution >= 4 is 43.8 Å². The van der Waals surface area contributed by atoms with Crippen LogP contribution in [0, 0.1) is 0 Å². The molecule has 3 aromatic rings. The van der Waals surface area contributed by atoms with Crippen LogP contribution in [0.5, 0.6) is 5.75 Å². The Hall–Kier alpha value is -2.42. The third-order valence-corrected chi connectivity index (χ3v) is 6.27. The molecule has 0 bridgehead atoms. The summed E-state index contributed by atoms with van der Waals surface area (Å²) in [6, 6.07) is 13.0. The fourth-order valence-electron chi connectivity index (χ4n) is 2.28. The number of benzene rings is 2. The van der Waals surface area contributed by atoms with E-state index in [1.807, 2.05) is 24.3 Å². The molecule has 3 rings (SSSR count). The molecule has 2 aromatic carbocycles. The fourth-order valence-corrected chi connectivity index (χ4v) is 4.28. The number of carbonyl (C=O) groups excluding carboxylic acids is 1. The molecule has 140 valence electrons. The summed E-state index contributed by atoms with van der Waals surface area (Å²) in [5, 5.41) is 5.07. The number of aromatic nitrogens is 1. The topological polar surface area (TPSA) is 85.4 Å². The minimum Gasteiger partial charge on any atom is -0.497 e. The molecule has 0 fully saturated rings. The van der Waals surface area contributed by atoms with E-state index in [0.717, 1.165) is 11.3 Å². The minimum absolute atomic E-state index is 0.0418. The van der Waals surface area contributed by atoms with Gasteiger partial charge < -0.3 is 10.1 Å². The number of anilines is 1. The molecular formula is C18H15ClN2O4S2. The van der Waals surface area contributed by atoms with Crippen LogP contribution >= 0.6 is 22.9 Å². The van der Waals surface area contributed by atoms with E-state index in [0.29, 0.717) is 15.8 Å². The van der Waals surface area contributed by atoms with Crippen molar-refractivity contribution in [2.75, 3.05) is 18.2 Å². The number of nitrogens with zero attached hydrogens (tertiary/aromatic N) is 1. The Kier molecular flexibility index (Phi) is 5.79. The van der Waals surface area contributed by atoms with Crippen LogP contribution in [0.2, 0.25) is 5.02 Å². The van der Waals surface area contributed by atoms with Crippen molar-refractivity contribution in [3.8, 4) is 17.0 Å². The number of sulfone groups is 1. The lowest BCUT2D eigenvalue weighted by atomic mass is 10.2. The highest BCUT2D eigenvalue weighted by Crippen LogP contribution is 2.26. The van der Waals surface area contributed by atoms with Crippen molar-refractivity contribution in [1.29, 1.82) is 0 Å². The van der Waals surface area contributed by atoms with Gasteiger partial charge in [0.1, 0.15) is 11.5 Å². The van der Waals surface area contributed by atoms with E-state index in [1.165, 1.54) is 35.6 Å². The van der Waals surface area contributed by atoms with E-state index in [1.54, 1.807) is 12.5 Å². The first-order chi connectivity index (χ1) is 12.9. The maximum atomic E-state index is 12.3. The van der Waals surface area contributed by atoms with Gasteiger partial charge in [0.05, 0.1) is 17.7 Å². The Labute approximate surface area is 165 Å².